The lowest BCUT2D eigenvalue weighted by Crippen LogP contribution is -1.73. The second kappa shape index (κ2) is 5.23. The first-order valence-electron chi connectivity index (χ1n) is 3.18. The number of hydrogen-bond donors (Lipinski definition) is 0. The second-order valence-corrected chi connectivity index (χ2v) is 1.62. The van der Waals surface area contributed by atoms with Crippen LogP contribution >= 0.6 is 11.6 Å². The van der Waals surface area contributed by atoms with Gasteiger partial charge in [0.15, 0.2) is 0 Å². The van der Waals surface area contributed by atoms with Crippen LogP contribution in [0.2, 0.25) is 0 Å². The molecule has 0 aliphatic rings. The van der Waals surface area contributed by atoms with Gasteiger partial charge in [0.25, 0.3) is 0 Å². The Morgan fingerprint density at radius 1 is 1.40 bits per heavy atom. The quantitative estimate of drug-likeness (QED) is 0.594. The van der Waals surface area contributed by atoms with Crippen molar-refractivity contribution in [2.45, 2.75) is 26.7 Å². The monoisotopic (exact) mass is 162 g/mol. The van der Waals surface area contributed by atoms with E-state index >= 15 is 0 Å². The minimum absolute atomic E-state index is 0.292. The highest BCUT2D eigenvalue weighted by molar-refractivity contribution is 6.16. The van der Waals surface area contributed by atoms with Crippen molar-refractivity contribution >= 4 is 11.6 Å². The summed E-state index contributed by atoms with van der Waals surface area (Å²) in [5, 5.41) is 7.17. The number of aryl methyl sites for hydroxylation is 1. The predicted molar refractivity (Wildman–Crippen MR) is 39.9 cm³/mol. The molecule has 58 valence electrons. The normalized spacial score (nSPS) is 8.40. The Hall–Kier alpha value is -0.570. The van der Waals surface area contributed by atoms with Gasteiger partial charge in [0.1, 0.15) is 5.88 Å². The largest absolute Gasteiger partial charge is 0.424 e. The van der Waals surface area contributed by atoms with Gasteiger partial charge in [-0.3, -0.25) is 0 Å². The van der Waals surface area contributed by atoms with E-state index in [2.05, 4.69) is 10.2 Å². The number of rotatable bonds is 1. The highest BCUT2D eigenvalue weighted by atomic mass is 35.5. The van der Waals surface area contributed by atoms with Crippen LogP contribution in [0.25, 0.3) is 0 Å². The fraction of sp³-hybridized carbons (Fsp3) is 0.667. The SMILES string of the molecule is CC.Cc1nnc(CCl)o1. The molecule has 0 aliphatic heterocycles. The van der Waals surface area contributed by atoms with E-state index in [1.807, 2.05) is 13.8 Å². The molecule has 0 radical (unpaired) electrons. The van der Waals surface area contributed by atoms with Crippen molar-refractivity contribution in [2.24, 2.45) is 0 Å². The van der Waals surface area contributed by atoms with Crippen LogP contribution in [-0.4, -0.2) is 10.2 Å². The molecule has 0 saturated heterocycles. The lowest BCUT2D eigenvalue weighted by atomic mass is 10.8. The fourth-order valence-corrected chi connectivity index (χ4v) is 0.500. The molecule has 0 aliphatic carbocycles. The average Bonchev–Trinajstić information content (AvgIpc) is 2.40. The third-order valence-electron chi connectivity index (χ3n) is 0.682. The van der Waals surface area contributed by atoms with E-state index in [1.54, 1.807) is 6.92 Å². The van der Waals surface area contributed by atoms with Gasteiger partial charge in [-0.1, -0.05) is 13.8 Å². The van der Waals surface area contributed by atoms with Crippen LogP contribution in [0.4, 0.5) is 0 Å². The van der Waals surface area contributed by atoms with Crippen LogP contribution in [-0.2, 0) is 5.88 Å². The van der Waals surface area contributed by atoms with Gasteiger partial charge in [-0.15, -0.1) is 21.8 Å². The molecular formula is C6H11ClN2O. The van der Waals surface area contributed by atoms with Crippen LogP contribution in [0, 0.1) is 6.92 Å². The molecule has 0 bridgehead atoms. The van der Waals surface area contributed by atoms with Gasteiger partial charge in [-0.25, -0.2) is 0 Å². The van der Waals surface area contributed by atoms with Crippen molar-refractivity contribution in [1.82, 2.24) is 10.2 Å². The predicted octanol–water partition coefficient (Wildman–Crippen LogP) is 2.14. The topological polar surface area (TPSA) is 38.9 Å². The van der Waals surface area contributed by atoms with E-state index in [9.17, 15) is 0 Å². The number of nitrogens with zero attached hydrogens (tertiary/aromatic N) is 2. The van der Waals surface area contributed by atoms with E-state index in [0.29, 0.717) is 17.7 Å². The average molecular weight is 163 g/mol. The first kappa shape index (κ1) is 9.43. The molecule has 1 rings (SSSR count). The van der Waals surface area contributed by atoms with E-state index in [1.165, 1.54) is 0 Å². The van der Waals surface area contributed by atoms with Crippen molar-refractivity contribution in [2.75, 3.05) is 0 Å². The van der Waals surface area contributed by atoms with Crippen LogP contribution in [0.5, 0.6) is 0 Å². The summed E-state index contributed by atoms with van der Waals surface area (Å²) in [5.74, 6) is 1.32. The zero-order chi connectivity index (χ0) is 7.98. The maximum atomic E-state index is 5.34. The van der Waals surface area contributed by atoms with Crippen LogP contribution in [0.3, 0.4) is 0 Å². The molecule has 0 spiro atoms. The maximum absolute atomic E-state index is 5.34. The molecule has 1 heterocycles. The van der Waals surface area contributed by atoms with Crippen molar-refractivity contribution in [1.29, 1.82) is 0 Å². The van der Waals surface area contributed by atoms with Gasteiger partial charge in [0, 0.05) is 6.92 Å². The molecule has 0 fully saturated rings. The molecule has 10 heavy (non-hydrogen) atoms. The van der Waals surface area contributed by atoms with Crippen molar-refractivity contribution < 1.29 is 4.42 Å². The molecular weight excluding hydrogens is 152 g/mol. The van der Waals surface area contributed by atoms with Gasteiger partial charge in [0.05, 0.1) is 0 Å². The number of halogens is 1. The maximum Gasteiger partial charge on any atom is 0.231 e. The smallest absolute Gasteiger partial charge is 0.231 e. The highest BCUT2D eigenvalue weighted by Gasteiger charge is 1.96. The number of alkyl halides is 1. The minimum atomic E-state index is 0.292. The van der Waals surface area contributed by atoms with Crippen LogP contribution in [0.15, 0.2) is 4.42 Å². The molecule has 3 nitrogen and oxygen atoms in total. The van der Waals surface area contributed by atoms with E-state index in [-0.39, 0.29) is 0 Å². The zero-order valence-corrected chi connectivity index (χ0v) is 7.14. The Morgan fingerprint density at radius 2 is 2.00 bits per heavy atom. The Kier molecular flexibility index (Phi) is 4.94. The molecule has 1 aromatic heterocycles. The van der Waals surface area contributed by atoms with Gasteiger partial charge >= 0.3 is 0 Å². The Bertz CT molecular complexity index is 176. The number of hydrogen-bond acceptors (Lipinski definition) is 3. The van der Waals surface area contributed by atoms with Gasteiger partial charge in [0.2, 0.25) is 11.8 Å². The summed E-state index contributed by atoms with van der Waals surface area (Å²) in [6, 6.07) is 0. The third kappa shape index (κ3) is 2.82. The molecule has 0 unspecified atom stereocenters. The van der Waals surface area contributed by atoms with Gasteiger partial charge < -0.3 is 4.42 Å². The Labute approximate surface area is 65.4 Å². The molecule has 1 aromatic rings. The summed E-state index contributed by atoms with van der Waals surface area (Å²) in [7, 11) is 0. The first-order valence-corrected chi connectivity index (χ1v) is 3.71. The summed E-state index contributed by atoms with van der Waals surface area (Å²) >= 11 is 5.34. The van der Waals surface area contributed by atoms with E-state index in [0.717, 1.165) is 0 Å². The summed E-state index contributed by atoms with van der Waals surface area (Å²) in [6.45, 7) is 5.73. The summed E-state index contributed by atoms with van der Waals surface area (Å²) in [4.78, 5) is 0. The van der Waals surface area contributed by atoms with Crippen LogP contribution < -0.4 is 0 Å². The molecule has 0 atom stereocenters. The molecule has 0 saturated carbocycles. The van der Waals surface area contributed by atoms with Gasteiger partial charge in [-0.2, -0.15) is 0 Å². The summed E-state index contributed by atoms with van der Waals surface area (Å²) < 4.78 is 4.88. The van der Waals surface area contributed by atoms with E-state index in [4.69, 9.17) is 16.0 Å². The molecule has 0 N–H and O–H groups in total. The third-order valence-corrected chi connectivity index (χ3v) is 0.911. The lowest BCUT2D eigenvalue weighted by molar-refractivity contribution is 0.484. The minimum Gasteiger partial charge on any atom is -0.424 e. The van der Waals surface area contributed by atoms with Crippen molar-refractivity contribution in [3.63, 3.8) is 0 Å². The van der Waals surface area contributed by atoms with Crippen LogP contribution in [0.1, 0.15) is 25.6 Å². The summed E-state index contributed by atoms with van der Waals surface area (Å²) in [6.07, 6.45) is 0. The Balaban J connectivity index is 0.000000371. The molecule has 4 heteroatoms. The van der Waals surface area contributed by atoms with Gasteiger partial charge in [-0.05, 0) is 0 Å². The van der Waals surface area contributed by atoms with E-state index < -0.39 is 0 Å². The number of aromatic nitrogens is 2. The van der Waals surface area contributed by atoms with Crippen molar-refractivity contribution in [3.05, 3.63) is 11.8 Å². The standard InChI is InChI=1S/C4H5ClN2O.C2H6/c1-3-6-7-4(2-5)8-3;1-2/h2H2,1H3;1-2H3. The highest BCUT2D eigenvalue weighted by Crippen LogP contribution is 1.99. The zero-order valence-electron chi connectivity index (χ0n) is 6.39. The van der Waals surface area contributed by atoms with Crippen molar-refractivity contribution in [3.8, 4) is 0 Å². The Morgan fingerprint density at radius 3 is 2.20 bits per heavy atom. The molecule has 0 aromatic carbocycles. The fourth-order valence-electron chi connectivity index (χ4n) is 0.392. The second-order valence-electron chi connectivity index (χ2n) is 1.35. The molecule has 0 amide bonds. The first-order chi connectivity index (χ1) is 4.83. The summed E-state index contributed by atoms with van der Waals surface area (Å²) in [5.41, 5.74) is 0. The lowest BCUT2D eigenvalue weighted by Gasteiger charge is -1.76.